The fraction of sp³-hybridized carbons (Fsp3) is 0.417. The molecular weight excluding hydrogens is 404 g/mol. The van der Waals surface area contributed by atoms with Crippen LogP contribution in [0.2, 0.25) is 0 Å². The standard InChI is InChI=1S/C24H26N6O2/c31-22(16-5-2-1-3-6-16)21-15-30-14-20(17-7-4-8-19-18(17)13-25-28-19)26-23(24(30)27-21)29-9-11-32-12-10-29/h4,7-8,13-16H,1-3,5-6,9-12H2,(H,25,28). The van der Waals surface area contributed by atoms with E-state index in [1.54, 1.807) is 0 Å². The highest BCUT2D eigenvalue weighted by atomic mass is 16.5. The highest BCUT2D eigenvalue weighted by Gasteiger charge is 2.26. The number of carbonyl (C=O) groups excluding carboxylic acids is 1. The topological polar surface area (TPSA) is 88.4 Å². The molecule has 0 radical (unpaired) electrons. The van der Waals surface area contributed by atoms with E-state index in [1.165, 1.54) is 6.42 Å². The fourth-order valence-electron chi connectivity index (χ4n) is 4.98. The van der Waals surface area contributed by atoms with E-state index in [-0.39, 0.29) is 11.7 Å². The van der Waals surface area contributed by atoms with Gasteiger partial charge >= 0.3 is 0 Å². The van der Waals surface area contributed by atoms with Gasteiger partial charge in [-0.15, -0.1) is 0 Å². The van der Waals surface area contributed by atoms with Gasteiger partial charge in [-0.2, -0.15) is 5.10 Å². The Morgan fingerprint density at radius 1 is 1.06 bits per heavy atom. The number of hydrogen-bond donors (Lipinski definition) is 1. The third-order valence-electron chi connectivity index (χ3n) is 6.72. The first-order valence-corrected chi connectivity index (χ1v) is 11.5. The maximum absolute atomic E-state index is 13.2. The number of aromatic nitrogens is 5. The second-order valence-corrected chi connectivity index (χ2v) is 8.74. The van der Waals surface area contributed by atoms with Crippen LogP contribution in [0.4, 0.5) is 5.82 Å². The fourth-order valence-corrected chi connectivity index (χ4v) is 4.98. The van der Waals surface area contributed by atoms with Crippen molar-refractivity contribution >= 4 is 28.2 Å². The van der Waals surface area contributed by atoms with Crippen LogP contribution >= 0.6 is 0 Å². The van der Waals surface area contributed by atoms with E-state index in [2.05, 4.69) is 21.2 Å². The van der Waals surface area contributed by atoms with Crippen LogP contribution in [0.1, 0.15) is 42.6 Å². The maximum Gasteiger partial charge on any atom is 0.185 e. The van der Waals surface area contributed by atoms with Crippen LogP contribution < -0.4 is 4.90 Å². The molecule has 2 fully saturated rings. The Balaban J connectivity index is 1.49. The Morgan fingerprint density at radius 2 is 1.91 bits per heavy atom. The zero-order valence-electron chi connectivity index (χ0n) is 18.0. The Morgan fingerprint density at radius 3 is 2.75 bits per heavy atom. The van der Waals surface area contributed by atoms with Gasteiger partial charge < -0.3 is 14.0 Å². The molecule has 3 aromatic heterocycles. The van der Waals surface area contributed by atoms with Gasteiger partial charge in [0.1, 0.15) is 5.69 Å². The average molecular weight is 431 g/mol. The molecule has 1 saturated heterocycles. The van der Waals surface area contributed by atoms with E-state index in [0.29, 0.717) is 18.9 Å². The molecular formula is C24H26N6O2. The van der Waals surface area contributed by atoms with Crippen molar-refractivity contribution in [3.8, 4) is 11.3 Å². The molecule has 8 nitrogen and oxygen atoms in total. The van der Waals surface area contributed by atoms with Gasteiger partial charge in [0.15, 0.2) is 17.2 Å². The van der Waals surface area contributed by atoms with Gasteiger partial charge in [-0.25, -0.2) is 9.97 Å². The number of carbonyl (C=O) groups is 1. The van der Waals surface area contributed by atoms with Gasteiger partial charge in [-0.05, 0) is 18.9 Å². The van der Waals surface area contributed by atoms with Crippen LogP contribution in [0.5, 0.6) is 0 Å². The number of ether oxygens (including phenoxy) is 1. The molecule has 4 heterocycles. The third kappa shape index (κ3) is 3.35. The first-order valence-electron chi connectivity index (χ1n) is 11.5. The lowest BCUT2D eigenvalue weighted by Crippen LogP contribution is -2.37. The van der Waals surface area contributed by atoms with Crippen molar-refractivity contribution in [3.63, 3.8) is 0 Å². The van der Waals surface area contributed by atoms with Gasteiger partial charge in [0.2, 0.25) is 0 Å². The summed E-state index contributed by atoms with van der Waals surface area (Å²) in [4.78, 5) is 25.3. The van der Waals surface area contributed by atoms with E-state index in [4.69, 9.17) is 14.7 Å². The second kappa shape index (κ2) is 8.02. The number of morpholine rings is 1. The maximum atomic E-state index is 13.2. The molecule has 164 valence electrons. The molecule has 0 atom stereocenters. The largest absolute Gasteiger partial charge is 0.378 e. The molecule has 1 saturated carbocycles. The van der Waals surface area contributed by atoms with E-state index >= 15 is 0 Å². The SMILES string of the molecule is O=C(c1cn2cc(-c3cccc4[nH]ncc34)nc(N3CCOCC3)c2n1)C1CCCCC1. The molecule has 6 rings (SSSR count). The smallest absolute Gasteiger partial charge is 0.185 e. The lowest BCUT2D eigenvalue weighted by Gasteiger charge is -2.28. The van der Waals surface area contributed by atoms with Gasteiger partial charge in [0.05, 0.1) is 30.6 Å². The molecule has 0 spiro atoms. The zero-order chi connectivity index (χ0) is 21.5. The normalized spacial score (nSPS) is 17.9. The van der Waals surface area contributed by atoms with E-state index in [9.17, 15) is 4.79 Å². The number of benzene rings is 1. The minimum absolute atomic E-state index is 0.0904. The molecule has 0 amide bonds. The first kappa shape index (κ1) is 19.4. The number of ketones is 1. The summed E-state index contributed by atoms with van der Waals surface area (Å²) in [6.07, 6.45) is 11.1. The summed E-state index contributed by atoms with van der Waals surface area (Å²) in [5.41, 5.74) is 4.08. The monoisotopic (exact) mass is 430 g/mol. The number of anilines is 1. The van der Waals surface area contributed by atoms with E-state index in [0.717, 1.165) is 72.4 Å². The number of fused-ring (bicyclic) bond motifs is 2. The van der Waals surface area contributed by atoms with Gasteiger partial charge in [0.25, 0.3) is 0 Å². The summed E-state index contributed by atoms with van der Waals surface area (Å²) in [5, 5.41) is 8.25. The number of H-pyrrole nitrogens is 1. The highest BCUT2D eigenvalue weighted by Crippen LogP contribution is 2.31. The summed E-state index contributed by atoms with van der Waals surface area (Å²) < 4.78 is 7.53. The summed E-state index contributed by atoms with van der Waals surface area (Å²) in [7, 11) is 0. The molecule has 1 aromatic carbocycles. The number of nitrogens with one attached hydrogen (secondary N) is 1. The molecule has 1 aliphatic heterocycles. The van der Waals surface area contributed by atoms with Crippen LogP contribution in [-0.4, -0.2) is 56.7 Å². The van der Waals surface area contributed by atoms with Crippen molar-refractivity contribution in [3.05, 3.63) is 42.5 Å². The summed E-state index contributed by atoms with van der Waals surface area (Å²) in [6.45, 7) is 2.81. The van der Waals surface area contributed by atoms with E-state index < -0.39 is 0 Å². The molecule has 1 aliphatic carbocycles. The van der Waals surface area contributed by atoms with Crippen molar-refractivity contribution in [2.24, 2.45) is 5.92 Å². The predicted molar refractivity (Wildman–Crippen MR) is 122 cm³/mol. The Labute approximate surface area is 185 Å². The zero-order valence-corrected chi connectivity index (χ0v) is 18.0. The van der Waals surface area contributed by atoms with Crippen LogP contribution in [0.25, 0.3) is 27.8 Å². The van der Waals surface area contributed by atoms with Crippen LogP contribution in [0.15, 0.2) is 36.8 Å². The third-order valence-corrected chi connectivity index (χ3v) is 6.72. The lowest BCUT2D eigenvalue weighted by molar-refractivity contribution is 0.0885. The second-order valence-electron chi connectivity index (χ2n) is 8.74. The minimum Gasteiger partial charge on any atom is -0.378 e. The highest BCUT2D eigenvalue weighted by molar-refractivity contribution is 5.97. The van der Waals surface area contributed by atoms with Gasteiger partial charge in [-0.1, -0.05) is 31.4 Å². The average Bonchev–Trinajstić information content (AvgIpc) is 3.51. The lowest BCUT2D eigenvalue weighted by atomic mass is 9.85. The number of aromatic amines is 1. The Hall–Kier alpha value is -3.26. The van der Waals surface area contributed by atoms with Gasteiger partial charge in [-0.3, -0.25) is 9.89 Å². The van der Waals surface area contributed by atoms with Crippen LogP contribution in [-0.2, 0) is 4.74 Å². The molecule has 0 unspecified atom stereocenters. The van der Waals surface area contributed by atoms with Crippen molar-refractivity contribution in [1.82, 2.24) is 24.6 Å². The quantitative estimate of drug-likeness (QED) is 0.495. The molecule has 4 aromatic rings. The molecule has 2 aliphatic rings. The van der Waals surface area contributed by atoms with Gasteiger partial charge in [0, 0.05) is 42.4 Å². The van der Waals surface area contributed by atoms with Crippen molar-refractivity contribution in [1.29, 1.82) is 0 Å². The molecule has 1 N–H and O–H groups in total. The van der Waals surface area contributed by atoms with E-state index in [1.807, 2.05) is 35.1 Å². The summed E-state index contributed by atoms with van der Waals surface area (Å²) >= 11 is 0. The summed E-state index contributed by atoms with van der Waals surface area (Å²) in [5.74, 6) is 1.06. The predicted octanol–water partition coefficient (Wildman–Crippen LogP) is 3.87. The number of imidazole rings is 1. The number of rotatable bonds is 4. The van der Waals surface area contributed by atoms with Crippen molar-refractivity contribution < 1.29 is 9.53 Å². The molecule has 32 heavy (non-hydrogen) atoms. The van der Waals surface area contributed by atoms with Crippen LogP contribution in [0, 0.1) is 5.92 Å². The Bertz CT molecular complexity index is 1280. The Kier molecular flexibility index (Phi) is 4.87. The number of nitrogens with zero attached hydrogens (tertiary/aromatic N) is 5. The number of Topliss-reactive ketones (excluding diaryl/α,β-unsaturated/α-hetero) is 1. The van der Waals surface area contributed by atoms with Crippen LogP contribution in [0.3, 0.4) is 0 Å². The first-order chi connectivity index (χ1) is 15.8. The summed E-state index contributed by atoms with van der Waals surface area (Å²) in [6, 6.07) is 6.06. The number of hydrogen-bond acceptors (Lipinski definition) is 6. The molecule has 0 bridgehead atoms. The molecule has 8 heteroatoms. The van der Waals surface area contributed by atoms with Crippen molar-refractivity contribution in [2.45, 2.75) is 32.1 Å². The minimum atomic E-state index is 0.0904. The van der Waals surface area contributed by atoms with Crippen molar-refractivity contribution in [2.75, 3.05) is 31.2 Å².